The van der Waals surface area contributed by atoms with Gasteiger partial charge in [0.05, 0.1) is 11.0 Å². The van der Waals surface area contributed by atoms with E-state index in [4.69, 9.17) is 0 Å². The molecule has 3 rings (SSSR count). The molecule has 124 valence electrons. The Hall–Kier alpha value is -2.11. The number of benzene rings is 1. The molecule has 2 heterocycles. The molecule has 1 aromatic carbocycles. The number of likely N-dealkylation sites (tertiary alicyclic amines) is 1. The van der Waals surface area contributed by atoms with Crippen molar-refractivity contribution in [2.45, 2.75) is 45.6 Å². The number of nitrogens with zero attached hydrogens (tertiary/aromatic N) is 2. The van der Waals surface area contributed by atoms with Crippen LogP contribution in [0.15, 0.2) is 18.2 Å². The van der Waals surface area contributed by atoms with Gasteiger partial charge in [-0.3, -0.25) is 0 Å². The number of hydrogen-bond acceptors (Lipinski definition) is 2. The molecule has 1 aliphatic rings. The topological polar surface area (TPSA) is 69.2 Å². The standard InChI is InChI=1S/C17H22FN3O2/c1-17(2,3)14-8-10(6-7-21(14)16(22)23)15-19-12-5-4-11(18)9-13(12)20-15/h4-5,9-10,14H,6-8H2,1-3H3,(H,19,20)(H,22,23). The molecule has 0 bridgehead atoms. The second-order valence-electron chi connectivity index (χ2n) is 7.36. The molecular weight excluding hydrogens is 297 g/mol. The minimum atomic E-state index is -0.866. The summed E-state index contributed by atoms with van der Waals surface area (Å²) in [6.07, 6.45) is 0.578. The lowest BCUT2D eigenvalue weighted by Crippen LogP contribution is -2.51. The summed E-state index contributed by atoms with van der Waals surface area (Å²) in [7, 11) is 0. The van der Waals surface area contributed by atoms with Gasteiger partial charge in [0.1, 0.15) is 11.6 Å². The van der Waals surface area contributed by atoms with E-state index in [1.54, 1.807) is 11.0 Å². The zero-order valence-electron chi connectivity index (χ0n) is 13.6. The Balaban J connectivity index is 1.89. The van der Waals surface area contributed by atoms with Gasteiger partial charge in [-0.05, 0) is 30.4 Å². The first-order valence-electron chi connectivity index (χ1n) is 7.90. The molecule has 1 fully saturated rings. The number of fused-ring (bicyclic) bond motifs is 1. The summed E-state index contributed by atoms with van der Waals surface area (Å²) in [5.74, 6) is 0.680. The van der Waals surface area contributed by atoms with Crippen molar-refractivity contribution < 1.29 is 14.3 Å². The van der Waals surface area contributed by atoms with Crippen LogP contribution in [0.5, 0.6) is 0 Å². The van der Waals surface area contributed by atoms with Crippen molar-refractivity contribution >= 4 is 17.1 Å². The number of rotatable bonds is 1. The van der Waals surface area contributed by atoms with Gasteiger partial charge in [-0.15, -0.1) is 0 Å². The molecular formula is C17H22FN3O2. The van der Waals surface area contributed by atoms with Crippen molar-refractivity contribution in [3.05, 3.63) is 29.8 Å². The molecule has 1 aromatic heterocycles. The van der Waals surface area contributed by atoms with Crippen molar-refractivity contribution in [1.82, 2.24) is 14.9 Å². The van der Waals surface area contributed by atoms with E-state index in [0.29, 0.717) is 12.1 Å². The van der Waals surface area contributed by atoms with Gasteiger partial charge in [0.15, 0.2) is 0 Å². The average Bonchev–Trinajstić information content (AvgIpc) is 2.88. The number of piperidine rings is 1. The normalized spacial score (nSPS) is 22.5. The Morgan fingerprint density at radius 2 is 2.17 bits per heavy atom. The monoisotopic (exact) mass is 319 g/mol. The highest BCUT2D eigenvalue weighted by molar-refractivity contribution is 5.75. The summed E-state index contributed by atoms with van der Waals surface area (Å²) in [4.78, 5) is 20.8. The first-order chi connectivity index (χ1) is 10.8. The second kappa shape index (κ2) is 5.51. The Morgan fingerprint density at radius 3 is 2.83 bits per heavy atom. The smallest absolute Gasteiger partial charge is 0.407 e. The molecule has 5 nitrogen and oxygen atoms in total. The molecule has 2 N–H and O–H groups in total. The molecule has 2 aromatic rings. The molecule has 1 saturated heterocycles. The van der Waals surface area contributed by atoms with Gasteiger partial charge in [-0.2, -0.15) is 0 Å². The summed E-state index contributed by atoms with van der Waals surface area (Å²) in [5, 5.41) is 9.43. The van der Waals surface area contributed by atoms with Crippen LogP contribution >= 0.6 is 0 Å². The quantitative estimate of drug-likeness (QED) is 0.835. The maximum Gasteiger partial charge on any atom is 0.407 e. The molecule has 0 spiro atoms. The van der Waals surface area contributed by atoms with Gasteiger partial charge in [0.2, 0.25) is 0 Å². The highest BCUT2D eigenvalue weighted by atomic mass is 19.1. The summed E-state index contributed by atoms with van der Waals surface area (Å²) < 4.78 is 13.3. The molecule has 1 amide bonds. The molecule has 2 unspecified atom stereocenters. The van der Waals surface area contributed by atoms with Crippen molar-refractivity contribution in [3.63, 3.8) is 0 Å². The van der Waals surface area contributed by atoms with Crippen LogP contribution in [0.1, 0.15) is 45.4 Å². The highest BCUT2D eigenvalue weighted by Gasteiger charge is 2.39. The number of carboxylic acid groups (broad SMARTS) is 1. The highest BCUT2D eigenvalue weighted by Crippen LogP contribution is 2.38. The fourth-order valence-electron chi connectivity index (χ4n) is 3.46. The number of amides is 1. The van der Waals surface area contributed by atoms with Gasteiger partial charge < -0.3 is 15.0 Å². The zero-order valence-corrected chi connectivity index (χ0v) is 13.6. The molecule has 0 aliphatic carbocycles. The number of imidazole rings is 1. The van der Waals surface area contributed by atoms with Gasteiger partial charge >= 0.3 is 6.09 Å². The van der Waals surface area contributed by atoms with E-state index in [2.05, 4.69) is 30.7 Å². The van der Waals surface area contributed by atoms with Crippen molar-refractivity contribution in [3.8, 4) is 0 Å². The lowest BCUT2D eigenvalue weighted by atomic mass is 9.77. The molecule has 2 atom stereocenters. The van der Waals surface area contributed by atoms with Crippen molar-refractivity contribution in [2.75, 3.05) is 6.54 Å². The van der Waals surface area contributed by atoms with Gasteiger partial charge in [0.25, 0.3) is 0 Å². The molecule has 0 radical (unpaired) electrons. The number of aromatic nitrogens is 2. The minimum absolute atomic E-state index is 0.0660. The third-order valence-corrected chi connectivity index (χ3v) is 4.70. The summed E-state index contributed by atoms with van der Waals surface area (Å²) in [6.45, 7) is 6.67. The third-order valence-electron chi connectivity index (χ3n) is 4.70. The molecule has 6 heteroatoms. The zero-order chi connectivity index (χ0) is 16.8. The van der Waals surface area contributed by atoms with E-state index >= 15 is 0 Å². The Labute approximate surface area is 134 Å². The van der Waals surface area contributed by atoms with Gasteiger partial charge in [-0.1, -0.05) is 20.8 Å². The van der Waals surface area contributed by atoms with Crippen LogP contribution in [0.3, 0.4) is 0 Å². The number of hydrogen-bond donors (Lipinski definition) is 2. The molecule has 0 saturated carbocycles. The van der Waals surface area contributed by atoms with Crippen LogP contribution < -0.4 is 0 Å². The summed E-state index contributed by atoms with van der Waals surface area (Å²) in [6, 6.07) is 4.45. The number of halogens is 1. The Bertz CT molecular complexity index is 735. The van der Waals surface area contributed by atoms with Crippen LogP contribution in [0, 0.1) is 11.2 Å². The number of aromatic amines is 1. The maximum atomic E-state index is 13.3. The molecule has 1 aliphatic heterocycles. The minimum Gasteiger partial charge on any atom is -0.465 e. The lowest BCUT2D eigenvalue weighted by Gasteiger charge is -2.44. The van der Waals surface area contributed by atoms with E-state index in [1.165, 1.54) is 12.1 Å². The van der Waals surface area contributed by atoms with E-state index in [9.17, 15) is 14.3 Å². The van der Waals surface area contributed by atoms with E-state index < -0.39 is 6.09 Å². The number of nitrogens with one attached hydrogen (secondary N) is 1. The van der Waals surface area contributed by atoms with Crippen molar-refractivity contribution in [1.29, 1.82) is 0 Å². The first kappa shape index (κ1) is 15.8. The van der Waals surface area contributed by atoms with Crippen molar-refractivity contribution in [2.24, 2.45) is 5.41 Å². The lowest BCUT2D eigenvalue weighted by molar-refractivity contribution is 0.0517. The summed E-state index contributed by atoms with van der Waals surface area (Å²) >= 11 is 0. The average molecular weight is 319 g/mol. The van der Waals surface area contributed by atoms with E-state index in [0.717, 1.165) is 24.2 Å². The van der Waals surface area contributed by atoms with Crippen LogP contribution in [0.25, 0.3) is 11.0 Å². The number of carbonyl (C=O) groups is 1. The Kier molecular flexibility index (Phi) is 3.78. The fraction of sp³-hybridized carbons (Fsp3) is 0.529. The van der Waals surface area contributed by atoms with Crippen LogP contribution in [-0.4, -0.2) is 38.7 Å². The van der Waals surface area contributed by atoms with E-state index in [1.807, 2.05) is 0 Å². The fourth-order valence-corrected chi connectivity index (χ4v) is 3.46. The third kappa shape index (κ3) is 3.02. The van der Waals surface area contributed by atoms with Gasteiger partial charge in [0, 0.05) is 24.6 Å². The van der Waals surface area contributed by atoms with E-state index in [-0.39, 0.29) is 23.2 Å². The van der Waals surface area contributed by atoms with Crippen LogP contribution in [0.2, 0.25) is 0 Å². The predicted octanol–water partition coefficient (Wildman–Crippen LogP) is 3.97. The summed E-state index contributed by atoms with van der Waals surface area (Å²) in [5.41, 5.74) is 1.29. The first-order valence-corrected chi connectivity index (χ1v) is 7.90. The molecule has 23 heavy (non-hydrogen) atoms. The maximum absolute atomic E-state index is 13.3. The van der Waals surface area contributed by atoms with Crippen LogP contribution in [0.4, 0.5) is 9.18 Å². The number of H-pyrrole nitrogens is 1. The Morgan fingerprint density at radius 1 is 1.43 bits per heavy atom. The predicted molar refractivity (Wildman–Crippen MR) is 86.0 cm³/mol. The largest absolute Gasteiger partial charge is 0.465 e. The SMILES string of the molecule is CC(C)(C)C1CC(c2nc3cc(F)ccc3[nH]2)CCN1C(=O)O. The second-order valence-corrected chi connectivity index (χ2v) is 7.36. The van der Waals surface area contributed by atoms with Crippen LogP contribution in [-0.2, 0) is 0 Å². The van der Waals surface area contributed by atoms with Gasteiger partial charge in [-0.25, -0.2) is 14.2 Å².